The molecule has 0 fully saturated rings. The lowest BCUT2D eigenvalue weighted by Gasteiger charge is -2.33. The van der Waals surface area contributed by atoms with Crippen molar-refractivity contribution in [3.8, 4) is 5.75 Å². The minimum Gasteiger partial charge on any atom is -0.491 e. The first-order chi connectivity index (χ1) is 20.4. The summed E-state index contributed by atoms with van der Waals surface area (Å²) in [5.74, 6) is 0.810. The number of rotatable bonds is 16. The molecule has 0 aliphatic heterocycles. The summed E-state index contributed by atoms with van der Waals surface area (Å²) >= 11 is 7.00. The summed E-state index contributed by atoms with van der Waals surface area (Å²) in [5, 5.41) is 22.2. The number of aliphatic hydroxyl groups excluding tert-OH is 2. The van der Waals surface area contributed by atoms with Gasteiger partial charge in [-0.15, -0.1) is 0 Å². The summed E-state index contributed by atoms with van der Waals surface area (Å²) in [4.78, 5) is 2.16. The predicted molar refractivity (Wildman–Crippen MR) is 176 cm³/mol. The first-order valence-electron chi connectivity index (χ1n) is 14.3. The topological polar surface area (TPSA) is 62.2 Å². The van der Waals surface area contributed by atoms with E-state index >= 15 is 0 Å². The van der Waals surface area contributed by atoms with Gasteiger partial charge >= 0.3 is 0 Å². The number of benzene rings is 4. The Labute approximate surface area is 266 Å². The Morgan fingerprint density at radius 2 is 1.26 bits per heavy atom. The zero-order valence-electron chi connectivity index (χ0n) is 23.9. The third-order valence-electron chi connectivity index (χ3n) is 7.23. The summed E-state index contributed by atoms with van der Waals surface area (Å²) in [6, 6.07) is 34.0. The average Bonchev–Trinajstić information content (AvgIpc) is 2.99. The second-order valence-corrected chi connectivity index (χ2v) is 12.3. The molecule has 1 unspecified atom stereocenters. The van der Waals surface area contributed by atoms with Gasteiger partial charge in [0.15, 0.2) is 0 Å². The molecule has 0 spiro atoms. The fraction of sp³-hybridized carbons (Fsp3) is 0.314. The van der Waals surface area contributed by atoms with E-state index in [9.17, 15) is 10.2 Å². The molecule has 4 rings (SSSR count). The third kappa shape index (κ3) is 10.6. The van der Waals surface area contributed by atoms with Crippen LogP contribution in [0.25, 0.3) is 0 Å². The molecule has 42 heavy (non-hydrogen) atoms. The minimum absolute atomic E-state index is 0.0680. The van der Waals surface area contributed by atoms with Crippen molar-refractivity contribution in [3.05, 3.63) is 134 Å². The monoisotopic (exact) mass is 695 g/mol. The standard InChI is InChI=1S/C35H39Br2NO4/c1-26(21-28-13-15-33(16-14-28)42-20-19-41-18-17-27-7-3-2-4-8-27)38(24-34(39)29-9-5-11-31(36)22-29)25-35(40)30-10-6-12-32(37)23-30/h2-16,22-23,26,34-35,39-40H,17-21,24-25H2,1H3/t26-,34-,35?/m1/s1. The molecule has 0 amide bonds. The van der Waals surface area contributed by atoms with Crippen LogP contribution in [0.2, 0.25) is 0 Å². The molecular weight excluding hydrogens is 658 g/mol. The third-order valence-corrected chi connectivity index (χ3v) is 8.22. The fourth-order valence-electron chi connectivity index (χ4n) is 4.86. The van der Waals surface area contributed by atoms with Gasteiger partial charge in [-0.05, 0) is 78.4 Å². The van der Waals surface area contributed by atoms with Crippen LogP contribution in [0, 0.1) is 0 Å². The van der Waals surface area contributed by atoms with Gasteiger partial charge in [0, 0.05) is 28.1 Å². The van der Waals surface area contributed by atoms with E-state index in [1.165, 1.54) is 5.56 Å². The Kier molecular flexibility index (Phi) is 13.1. The van der Waals surface area contributed by atoms with Gasteiger partial charge in [-0.3, -0.25) is 4.90 Å². The first-order valence-corrected chi connectivity index (χ1v) is 15.9. The fourth-order valence-corrected chi connectivity index (χ4v) is 5.70. The van der Waals surface area contributed by atoms with E-state index in [2.05, 4.69) is 67.9 Å². The van der Waals surface area contributed by atoms with E-state index in [0.717, 1.165) is 44.2 Å². The Bertz CT molecular complexity index is 1300. The van der Waals surface area contributed by atoms with Gasteiger partial charge in [0.25, 0.3) is 0 Å². The summed E-state index contributed by atoms with van der Waals surface area (Å²) in [6.07, 6.45) is 0.278. The highest BCUT2D eigenvalue weighted by Crippen LogP contribution is 2.25. The molecule has 5 nitrogen and oxygen atoms in total. The van der Waals surface area contributed by atoms with Crippen molar-refractivity contribution in [1.29, 1.82) is 0 Å². The van der Waals surface area contributed by atoms with E-state index in [-0.39, 0.29) is 6.04 Å². The molecule has 0 saturated carbocycles. The van der Waals surface area contributed by atoms with Crippen molar-refractivity contribution in [2.24, 2.45) is 0 Å². The normalized spacial score (nSPS) is 13.6. The summed E-state index contributed by atoms with van der Waals surface area (Å²) < 4.78 is 13.5. The molecule has 0 aromatic heterocycles. The lowest BCUT2D eigenvalue weighted by molar-refractivity contribution is 0.0480. The maximum absolute atomic E-state index is 11.1. The lowest BCUT2D eigenvalue weighted by atomic mass is 10.0. The van der Waals surface area contributed by atoms with Crippen molar-refractivity contribution in [1.82, 2.24) is 4.90 Å². The van der Waals surface area contributed by atoms with Crippen LogP contribution in [0.3, 0.4) is 0 Å². The Morgan fingerprint density at radius 1 is 0.667 bits per heavy atom. The van der Waals surface area contributed by atoms with Gasteiger partial charge in [-0.2, -0.15) is 0 Å². The molecule has 0 aliphatic carbocycles. The Balaban J connectivity index is 1.31. The van der Waals surface area contributed by atoms with Crippen LogP contribution < -0.4 is 4.74 Å². The summed E-state index contributed by atoms with van der Waals surface area (Å²) in [6.45, 7) is 4.65. The second kappa shape index (κ2) is 16.9. The van der Waals surface area contributed by atoms with Gasteiger partial charge < -0.3 is 19.7 Å². The molecule has 0 radical (unpaired) electrons. The first kappa shape index (κ1) is 32.4. The van der Waals surface area contributed by atoms with Crippen LogP contribution in [0.5, 0.6) is 5.75 Å². The maximum atomic E-state index is 11.1. The van der Waals surface area contributed by atoms with Gasteiger partial charge in [0.05, 0.1) is 25.4 Å². The summed E-state index contributed by atoms with van der Waals surface area (Å²) in [5.41, 5.74) is 4.10. The molecule has 0 saturated heterocycles. The molecule has 0 heterocycles. The van der Waals surface area contributed by atoms with Crippen molar-refractivity contribution < 1.29 is 19.7 Å². The quantitative estimate of drug-likeness (QED) is 0.119. The van der Waals surface area contributed by atoms with Crippen LogP contribution in [-0.2, 0) is 17.6 Å². The average molecular weight is 698 g/mol. The lowest BCUT2D eigenvalue weighted by Crippen LogP contribution is -2.40. The highest BCUT2D eigenvalue weighted by molar-refractivity contribution is 9.10. The van der Waals surface area contributed by atoms with Gasteiger partial charge in [-0.1, -0.05) is 98.6 Å². The molecule has 3 atom stereocenters. The molecule has 4 aromatic carbocycles. The van der Waals surface area contributed by atoms with Gasteiger partial charge in [-0.25, -0.2) is 0 Å². The second-order valence-electron chi connectivity index (χ2n) is 10.5. The minimum atomic E-state index is -0.689. The highest BCUT2D eigenvalue weighted by atomic mass is 79.9. The van der Waals surface area contributed by atoms with Crippen LogP contribution in [0.15, 0.2) is 112 Å². The number of ether oxygens (including phenoxy) is 2. The van der Waals surface area contributed by atoms with Gasteiger partial charge in [0.2, 0.25) is 0 Å². The molecule has 222 valence electrons. The largest absolute Gasteiger partial charge is 0.491 e. The number of nitrogens with zero attached hydrogens (tertiary/aromatic N) is 1. The summed E-state index contributed by atoms with van der Waals surface area (Å²) in [7, 11) is 0. The zero-order valence-corrected chi connectivity index (χ0v) is 27.1. The Morgan fingerprint density at radius 3 is 1.83 bits per heavy atom. The molecule has 0 bridgehead atoms. The molecule has 2 N–H and O–H groups in total. The Hall–Kier alpha value is -2.52. The number of aliphatic hydroxyl groups is 2. The van der Waals surface area contributed by atoms with Gasteiger partial charge in [0.1, 0.15) is 12.4 Å². The molecule has 4 aromatic rings. The number of hydrogen-bond acceptors (Lipinski definition) is 5. The molecular formula is C35H39Br2NO4. The van der Waals surface area contributed by atoms with Crippen molar-refractivity contribution in [2.75, 3.05) is 32.9 Å². The zero-order chi connectivity index (χ0) is 29.7. The van der Waals surface area contributed by atoms with Crippen molar-refractivity contribution >= 4 is 31.9 Å². The highest BCUT2D eigenvalue weighted by Gasteiger charge is 2.23. The van der Waals surface area contributed by atoms with Crippen LogP contribution in [0.1, 0.15) is 41.4 Å². The van der Waals surface area contributed by atoms with Crippen molar-refractivity contribution in [2.45, 2.75) is 38.0 Å². The number of hydrogen-bond donors (Lipinski definition) is 2. The van der Waals surface area contributed by atoms with Crippen LogP contribution >= 0.6 is 31.9 Å². The van der Waals surface area contributed by atoms with Crippen molar-refractivity contribution in [3.63, 3.8) is 0 Å². The van der Waals surface area contributed by atoms with Crippen LogP contribution in [0.4, 0.5) is 0 Å². The van der Waals surface area contributed by atoms with E-state index in [0.29, 0.717) is 32.9 Å². The predicted octanol–water partition coefficient (Wildman–Crippen LogP) is 7.55. The molecule has 7 heteroatoms. The van der Waals surface area contributed by atoms with E-state index in [4.69, 9.17) is 9.47 Å². The maximum Gasteiger partial charge on any atom is 0.119 e. The van der Waals surface area contributed by atoms with Crippen LogP contribution in [-0.4, -0.2) is 54.1 Å². The smallest absolute Gasteiger partial charge is 0.119 e. The number of halogens is 2. The van der Waals surface area contributed by atoms with E-state index < -0.39 is 12.2 Å². The SMILES string of the molecule is C[C@H](Cc1ccc(OCCOCCc2ccccc2)cc1)N(CC(O)c1cccc(Br)c1)C[C@@H](O)c1cccc(Br)c1. The van der Waals surface area contributed by atoms with E-state index in [1.54, 1.807) is 0 Å². The van der Waals surface area contributed by atoms with E-state index in [1.807, 2.05) is 78.9 Å². The molecule has 0 aliphatic rings.